The Morgan fingerprint density at radius 1 is 1.18 bits per heavy atom. The van der Waals surface area contributed by atoms with Crippen molar-refractivity contribution in [3.05, 3.63) is 0 Å². The van der Waals surface area contributed by atoms with Crippen molar-refractivity contribution in [1.82, 2.24) is 5.32 Å². The van der Waals surface area contributed by atoms with Gasteiger partial charge in [0, 0.05) is 13.2 Å². The number of nitrogens with one attached hydrogen (secondary N) is 1. The maximum atomic E-state index is 5.69. The summed E-state index contributed by atoms with van der Waals surface area (Å²) in [4.78, 5) is 0. The van der Waals surface area contributed by atoms with E-state index in [0.29, 0.717) is 12.1 Å². The van der Waals surface area contributed by atoms with E-state index in [4.69, 9.17) is 4.74 Å². The fourth-order valence-corrected chi connectivity index (χ4v) is 3.41. The molecule has 0 aliphatic heterocycles. The molecule has 0 radical (unpaired) electrons. The summed E-state index contributed by atoms with van der Waals surface area (Å²) >= 11 is 0. The van der Waals surface area contributed by atoms with Crippen LogP contribution in [0.3, 0.4) is 0 Å². The fourth-order valence-electron chi connectivity index (χ4n) is 3.41. The maximum Gasteiger partial charge on any atom is 0.0726 e. The van der Waals surface area contributed by atoms with Crippen molar-refractivity contribution in [2.24, 2.45) is 11.8 Å². The Kier molecular flexibility index (Phi) is 7.14. The number of methoxy groups -OCH3 is 1. The van der Waals surface area contributed by atoms with Crippen LogP contribution < -0.4 is 5.32 Å². The van der Waals surface area contributed by atoms with Crippen LogP contribution in [0.1, 0.15) is 58.8 Å². The first-order valence-electron chi connectivity index (χ1n) is 7.46. The molecule has 0 aromatic heterocycles. The summed E-state index contributed by atoms with van der Waals surface area (Å²) in [5.41, 5.74) is 0. The zero-order valence-corrected chi connectivity index (χ0v) is 12.2. The second-order valence-corrected chi connectivity index (χ2v) is 5.57. The Morgan fingerprint density at radius 3 is 2.24 bits per heavy atom. The highest BCUT2D eigenvalue weighted by molar-refractivity contribution is 4.86. The van der Waals surface area contributed by atoms with Crippen molar-refractivity contribution in [3.63, 3.8) is 0 Å². The lowest BCUT2D eigenvalue weighted by Crippen LogP contribution is -2.45. The van der Waals surface area contributed by atoms with Crippen molar-refractivity contribution >= 4 is 0 Å². The molecule has 0 saturated heterocycles. The van der Waals surface area contributed by atoms with Gasteiger partial charge in [-0.05, 0) is 38.1 Å². The molecule has 2 unspecified atom stereocenters. The van der Waals surface area contributed by atoms with Crippen LogP contribution >= 0.6 is 0 Å². The van der Waals surface area contributed by atoms with Gasteiger partial charge in [-0.3, -0.25) is 0 Å². The van der Waals surface area contributed by atoms with Gasteiger partial charge in [0.1, 0.15) is 0 Å². The zero-order valence-electron chi connectivity index (χ0n) is 12.2. The molecule has 102 valence electrons. The summed E-state index contributed by atoms with van der Waals surface area (Å²) in [7, 11) is 3.96. The number of ether oxygens (including phenoxy) is 1. The minimum Gasteiger partial charge on any atom is -0.380 e. The maximum absolute atomic E-state index is 5.69. The Bertz CT molecular complexity index is 187. The third kappa shape index (κ3) is 4.26. The molecule has 2 nitrogen and oxygen atoms in total. The molecule has 2 heteroatoms. The van der Waals surface area contributed by atoms with Gasteiger partial charge in [0.15, 0.2) is 0 Å². The molecule has 0 heterocycles. The summed E-state index contributed by atoms with van der Waals surface area (Å²) in [6.07, 6.45) is 9.74. The highest BCUT2D eigenvalue weighted by Gasteiger charge is 2.30. The molecule has 0 spiro atoms. The molecule has 2 atom stereocenters. The van der Waals surface area contributed by atoms with Gasteiger partial charge in [-0.25, -0.2) is 0 Å². The zero-order chi connectivity index (χ0) is 12.7. The van der Waals surface area contributed by atoms with Gasteiger partial charge in [0.2, 0.25) is 0 Å². The lowest BCUT2D eigenvalue weighted by Gasteiger charge is -2.37. The van der Waals surface area contributed by atoms with Crippen LogP contribution in [-0.2, 0) is 4.74 Å². The molecular formula is C15H31NO. The SMILES string of the molecule is CCCC(OC)C(NC)C1CCC(CC)CC1. The lowest BCUT2D eigenvalue weighted by molar-refractivity contribution is 0.0321. The minimum absolute atomic E-state index is 0.396. The summed E-state index contributed by atoms with van der Waals surface area (Å²) < 4.78 is 5.69. The Hall–Kier alpha value is -0.0800. The van der Waals surface area contributed by atoms with E-state index in [9.17, 15) is 0 Å². The molecule has 1 saturated carbocycles. The monoisotopic (exact) mass is 241 g/mol. The smallest absolute Gasteiger partial charge is 0.0726 e. The van der Waals surface area contributed by atoms with E-state index >= 15 is 0 Å². The minimum atomic E-state index is 0.396. The summed E-state index contributed by atoms with van der Waals surface area (Å²) in [5.74, 6) is 1.80. The number of likely N-dealkylation sites (N-methyl/N-ethyl adjacent to an activating group) is 1. The molecule has 0 aromatic rings. The average Bonchev–Trinajstić information content (AvgIpc) is 2.39. The normalized spacial score (nSPS) is 28.9. The summed E-state index contributed by atoms with van der Waals surface area (Å²) in [6, 6.07) is 0.553. The van der Waals surface area contributed by atoms with Crippen LogP contribution in [0.5, 0.6) is 0 Å². The first-order valence-corrected chi connectivity index (χ1v) is 7.46. The highest BCUT2D eigenvalue weighted by Crippen LogP contribution is 2.34. The second-order valence-electron chi connectivity index (χ2n) is 5.57. The summed E-state index contributed by atoms with van der Waals surface area (Å²) in [6.45, 7) is 4.57. The van der Waals surface area contributed by atoms with Gasteiger partial charge in [-0.2, -0.15) is 0 Å². The molecule has 1 aliphatic carbocycles. The summed E-state index contributed by atoms with van der Waals surface area (Å²) in [5, 5.41) is 3.52. The van der Waals surface area contributed by atoms with Crippen LogP contribution in [0.4, 0.5) is 0 Å². The van der Waals surface area contributed by atoms with Crippen molar-refractivity contribution in [1.29, 1.82) is 0 Å². The largest absolute Gasteiger partial charge is 0.380 e. The van der Waals surface area contributed by atoms with Crippen LogP contribution in [0.15, 0.2) is 0 Å². The van der Waals surface area contributed by atoms with Crippen molar-refractivity contribution in [3.8, 4) is 0 Å². The molecule has 1 fully saturated rings. The van der Waals surface area contributed by atoms with Gasteiger partial charge < -0.3 is 10.1 Å². The molecule has 17 heavy (non-hydrogen) atoms. The molecule has 1 aliphatic rings. The second kappa shape index (κ2) is 8.10. The average molecular weight is 241 g/mol. The first-order chi connectivity index (χ1) is 8.26. The van der Waals surface area contributed by atoms with Gasteiger partial charge in [0.05, 0.1) is 6.10 Å². The number of rotatable bonds is 7. The van der Waals surface area contributed by atoms with E-state index in [1.807, 2.05) is 7.11 Å². The predicted molar refractivity (Wildman–Crippen MR) is 74.3 cm³/mol. The van der Waals surface area contributed by atoms with Crippen molar-refractivity contribution < 1.29 is 4.74 Å². The van der Waals surface area contributed by atoms with Gasteiger partial charge in [-0.1, -0.05) is 39.5 Å². The predicted octanol–water partition coefficient (Wildman–Crippen LogP) is 3.61. The fraction of sp³-hybridized carbons (Fsp3) is 1.00. The van der Waals surface area contributed by atoms with Crippen LogP contribution in [0, 0.1) is 11.8 Å². The Balaban J connectivity index is 2.49. The molecule has 1 rings (SSSR count). The van der Waals surface area contributed by atoms with E-state index in [2.05, 4.69) is 26.2 Å². The third-order valence-corrected chi connectivity index (χ3v) is 4.59. The quantitative estimate of drug-likeness (QED) is 0.735. The number of hydrogen-bond donors (Lipinski definition) is 1. The van der Waals surface area contributed by atoms with Crippen LogP contribution in [-0.4, -0.2) is 26.3 Å². The Labute approximate surface area is 108 Å². The standard InChI is InChI=1S/C15H31NO/c1-5-7-14(17-4)15(16-3)13-10-8-12(6-2)9-11-13/h12-16H,5-11H2,1-4H3. The van der Waals surface area contributed by atoms with Crippen LogP contribution in [0.2, 0.25) is 0 Å². The lowest BCUT2D eigenvalue weighted by atomic mass is 9.76. The van der Waals surface area contributed by atoms with Crippen molar-refractivity contribution in [2.75, 3.05) is 14.2 Å². The van der Waals surface area contributed by atoms with E-state index < -0.39 is 0 Å². The van der Waals surface area contributed by atoms with E-state index in [1.54, 1.807) is 0 Å². The third-order valence-electron chi connectivity index (χ3n) is 4.59. The van der Waals surface area contributed by atoms with Gasteiger partial charge in [-0.15, -0.1) is 0 Å². The molecule has 0 bridgehead atoms. The van der Waals surface area contributed by atoms with Crippen molar-refractivity contribution in [2.45, 2.75) is 70.9 Å². The molecule has 1 N–H and O–H groups in total. The Morgan fingerprint density at radius 2 is 1.82 bits per heavy atom. The van der Waals surface area contributed by atoms with Crippen LogP contribution in [0.25, 0.3) is 0 Å². The molecule has 0 amide bonds. The van der Waals surface area contributed by atoms with Gasteiger partial charge >= 0.3 is 0 Å². The number of hydrogen-bond acceptors (Lipinski definition) is 2. The van der Waals surface area contributed by atoms with E-state index in [0.717, 1.165) is 11.8 Å². The van der Waals surface area contributed by atoms with E-state index in [1.165, 1.54) is 44.9 Å². The molecular weight excluding hydrogens is 210 g/mol. The highest BCUT2D eigenvalue weighted by atomic mass is 16.5. The molecule has 0 aromatic carbocycles. The first kappa shape index (κ1) is 15.0. The topological polar surface area (TPSA) is 21.3 Å². The van der Waals surface area contributed by atoms with Gasteiger partial charge in [0.25, 0.3) is 0 Å². The van der Waals surface area contributed by atoms with E-state index in [-0.39, 0.29) is 0 Å².